The molecule has 0 aromatic heterocycles. The topological polar surface area (TPSA) is 70.2 Å². The molecule has 0 heterocycles. The van der Waals surface area contributed by atoms with Gasteiger partial charge in [-0.3, -0.25) is 9.59 Å². The van der Waals surface area contributed by atoms with Gasteiger partial charge in [-0.15, -0.1) is 0 Å². The molecule has 1 aromatic rings. The number of hydrogen-bond acceptors (Lipinski definition) is 3. The summed E-state index contributed by atoms with van der Waals surface area (Å²) in [5.74, 6) is 0.321. The molecule has 0 saturated heterocycles. The highest BCUT2D eigenvalue weighted by Crippen LogP contribution is 2.24. The number of benzene rings is 1. The van der Waals surface area contributed by atoms with Gasteiger partial charge in [0, 0.05) is 37.2 Å². The lowest BCUT2D eigenvalue weighted by atomic mass is 10.1. The molecule has 154 valence electrons. The Morgan fingerprint density at radius 2 is 1.43 bits per heavy atom. The number of nitrogens with one attached hydrogen (secondary N) is 3. The maximum Gasteiger partial charge on any atom is 0.251 e. The van der Waals surface area contributed by atoms with Crippen molar-refractivity contribution in [1.82, 2.24) is 16.0 Å². The average Bonchev–Trinajstić information content (AvgIpc) is 3.14. The maximum atomic E-state index is 12.3. The Morgan fingerprint density at radius 3 is 2.11 bits per heavy atom. The van der Waals surface area contributed by atoms with Crippen LogP contribution >= 0.6 is 0 Å². The Hall–Kier alpha value is -1.88. The standard InChI is InChI=1S/C23H35N3O2/c27-22(25-16-15-24-21-9-3-1-2-4-10-21)20-13-11-18(12-14-20)17-26-23(28)19-7-5-6-8-19/h11-14,19,21,24H,1-10,15-17H2,(H,25,27)(H,26,28). The molecular formula is C23H35N3O2. The van der Waals surface area contributed by atoms with Gasteiger partial charge >= 0.3 is 0 Å². The molecular weight excluding hydrogens is 350 g/mol. The van der Waals surface area contributed by atoms with Crippen LogP contribution in [-0.2, 0) is 11.3 Å². The summed E-state index contributed by atoms with van der Waals surface area (Å²) in [7, 11) is 0. The van der Waals surface area contributed by atoms with E-state index in [0.29, 0.717) is 24.7 Å². The van der Waals surface area contributed by atoms with Crippen LogP contribution in [0.2, 0.25) is 0 Å². The van der Waals surface area contributed by atoms with Crippen molar-refractivity contribution in [3.63, 3.8) is 0 Å². The second-order valence-corrected chi connectivity index (χ2v) is 8.29. The largest absolute Gasteiger partial charge is 0.352 e. The molecule has 2 aliphatic rings. The highest BCUT2D eigenvalue weighted by molar-refractivity contribution is 5.94. The molecule has 2 aliphatic carbocycles. The molecule has 2 saturated carbocycles. The molecule has 2 amide bonds. The SMILES string of the molecule is O=C(NCCNC1CCCCCC1)c1ccc(CNC(=O)C2CCCC2)cc1. The fourth-order valence-electron chi connectivity index (χ4n) is 4.33. The van der Waals surface area contributed by atoms with Crippen molar-refractivity contribution >= 4 is 11.8 Å². The minimum absolute atomic E-state index is 0.0378. The van der Waals surface area contributed by atoms with Gasteiger partial charge in [0.15, 0.2) is 0 Å². The van der Waals surface area contributed by atoms with E-state index < -0.39 is 0 Å². The molecule has 3 N–H and O–H groups in total. The summed E-state index contributed by atoms with van der Waals surface area (Å²) in [6.45, 7) is 2.00. The molecule has 0 bridgehead atoms. The first kappa shape index (κ1) is 20.8. The van der Waals surface area contributed by atoms with Gasteiger partial charge in [0.25, 0.3) is 5.91 Å². The first-order valence-electron chi connectivity index (χ1n) is 11.1. The molecule has 0 spiro atoms. The smallest absolute Gasteiger partial charge is 0.251 e. The molecule has 1 aromatic carbocycles. The molecule has 3 rings (SSSR count). The Kier molecular flexibility index (Phi) is 8.34. The number of amides is 2. The van der Waals surface area contributed by atoms with Crippen LogP contribution in [0.1, 0.15) is 80.1 Å². The highest BCUT2D eigenvalue weighted by atomic mass is 16.2. The second kappa shape index (κ2) is 11.2. The fourth-order valence-corrected chi connectivity index (χ4v) is 4.33. The van der Waals surface area contributed by atoms with E-state index in [2.05, 4.69) is 16.0 Å². The van der Waals surface area contributed by atoms with Crippen LogP contribution in [0.15, 0.2) is 24.3 Å². The lowest BCUT2D eigenvalue weighted by Gasteiger charge is -2.16. The molecule has 0 atom stereocenters. The van der Waals surface area contributed by atoms with Gasteiger partial charge in [-0.2, -0.15) is 0 Å². The van der Waals surface area contributed by atoms with Crippen molar-refractivity contribution in [1.29, 1.82) is 0 Å². The molecule has 0 radical (unpaired) electrons. The number of carbonyl (C=O) groups excluding carboxylic acids is 2. The fraction of sp³-hybridized carbons (Fsp3) is 0.652. The highest BCUT2D eigenvalue weighted by Gasteiger charge is 2.22. The zero-order valence-electron chi connectivity index (χ0n) is 17.0. The molecule has 5 nitrogen and oxygen atoms in total. The van der Waals surface area contributed by atoms with E-state index in [9.17, 15) is 9.59 Å². The normalized spacial score (nSPS) is 18.6. The van der Waals surface area contributed by atoms with E-state index in [0.717, 1.165) is 37.8 Å². The molecule has 28 heavy (non-hydrogen) atoms. The summed E-state index contributed by atoms with van der Waals surface area (Å²) in [6.07, 6.45) is 12.2. The quantitative estimate of drug-likeness (QED) is 0.473. The average molecular weight is 386 g/mol. The minimum atomic E-state index is -0.0378. The number of rotatable bonds is 8. The van der Waals surface area contributed by atoms with Gasteiger partial charge in [0.2, 0.25) is 5.91 Å². The van der Waals surface area contributed by atoms with Crippen molar-refractivity contribution in [3.05, 3.63) is 35.4 Å². The monoisotopic (exact) mass is 385 g/mol. The Morgan fingerprint density at radius 1 is 0.786 bits per heavy atom. The first-order chi connectivity index (χ1) is 13.7. The zero-order valence-corrected chi connectivity index (χ0v) is 17.0. The Balaban J connectivity index is 1.34. The van der Waals surface area contributed by atoms with Gasteiger partial charge in [-0.25, -0.2) is 0 Å². The Labute approximate surface area is 169 Å². The van der Waals surface area contributed by atoms with Gasteiger partial charge in [-0.1, -0.05) is 50.7 Å². The summed E-state index contributed by atoms with van der Waals surface area (Å²) < 4.78 is 0. The van der Waals surface area contributed by atoms with E-state index in [1.807, 2.05) is 24.3 Å². The Bertz CT molecular complexity index is 615. The van der Waals surface area contributed by atoms with E-state index in [4.69, 9.17) is 0 Å². The summed E-state index contributed by atoms with van der Waals surface area (Å²) >= 11 is 0. The van der Waals surface area contributed by atoms with Gasteiger partial charge in [0.05, 0.1) is 0 Å². The molecule has 5 heteroatoms. The van der Waals surface area contributed by atoms with E-state index in [1.54, 1.807) is 0 Å². The summed E-state index contributed by atoms with van der Waals surface area (Å²) in [6, 6.07) is 8.13. The van der Waals surface area contributed by atoms with E-state index >= 15 is 0 Å². The molecule has 0 unspecified atom stereocenters. The summed E-state index contributed by atoms with van der Waals surface area (Å²) in [4.78, 5) is 24.4. The summed E-state index contributed by atoms with van der Waals surface area (Å²) in [5.41, 5.74) is 1.69. The van der Waals surface area contributed by atoms with E-state index in [1.165, 1.54) is 38.5 Å². The minimum Gasteiger partial charge on any atom is -0.352 e. The van der Waals surface area contributed by atoms with Crippen LogP contribution in [-0.4, -0.2) is 30.9 Å². The van der Waals surface area contributed by atoms with Gasteiger partial charge in [-0.05, 0) is 43.4 Å². The lowest BCUT2D eigenvalue weighted by molar-refractivity contribution is -0.124. The van der Waals surface area contributed by atoms with Gasteiger partial charge < -0.3 is 16.0 Å². The predicted octanol–water partition coefficient (Wildman–Crippen LogP) is 3.54. The van der Waals surface area contributed by atoms with Crippen LogP contribution in [0.4, 0.5) is 0 Å². The van der Waals surface area contributed by atoms with Crippen molar-refractivity contribution in [3.8, 4) is 0 Å². The molecule has 0 aliphatic heterocycles. The maximum absolute atomic E-state index is 12.3. The first-order valence-corrected chi connectivity index (χ1v) is 11.1. The van der Waals surface area contributed by atoms with Crippen LogP contribution in [0.5, 0.6) is 0 Å². The van der Waals surface area contributed by atoms with Crippen LogP contribution in [0, 0.1) is 5.92 Å². The van der Waals surface area contributed by atoms with Crippen LogP contribution < -0.4 is 16.0 Å². The number of carbonyl (C=O) groups is 2. The second-order valence-electron chi connectivity index (χ2n) is 8.29. The van der Waals surface area contributed by atoms with Crippen molar-refractivity contribution < 1.29 is 9.59 Å². The van der Waals surface area contributed by atoms with E-state index in [-0.39, 0.29) is 17.7 Å². The number of hydrogen-bond donors (Lipinski definition) is 3. The van der Waals surface area contributed by atoms with Gasteiger partial charge in [0.1, 0.15) is 0 Å². The predicted molar refractivity (Wildman–Crippen MR) is 112 cm³/mol. The van der Waals surface area contributed by atoms with Crippen molar-refractivity contribution in [2.45, 2.75) is 76.8 Å². The third-order valence-electron chi connectivity index (χ3n) is 6.11. The summed E-state index contributed by atoms with van der Waals surface area (Å²) in [5, 5.41) is 9.58. The van der Waals surface area contributed by atoms with Crippen LogP contribution in [0.25, 0.3) is 0 Å². The van der Waals surface area contributed by atoms with Crippen LogP contribution in [0.3, 0.4) is 0 Å². The third kappa shape index (κ3) is 6.62. The van der Waals surface area contributed by atoms with Crippen molar-refractivity contribution in [2.24, 2.45) is 5.92 Å². The van der Waals surface area contributed by atoms with Crippen molar-refractivity contribution in [2.75, 3.05) is 13.1 Å². The lowest BCUT2D eigenvalue weighted by Crippen LogP contribution is -2.36. The zero-order chi connectivity index (χ0) is 19.6. The molecule has 2 fully saturated rings. The third-order valence-corrected chi connectivity index (χ3v) is 6.11.